The first-order valence-electron chi connectivity index (χ1n) is 9.89. The molecule has 0 amide bonds. The van der Waals surface area contributed by atoms with E-state index in [0.29, 0.717) is 11.1 Å². The quantitative estimate of drug-likeness (QED) is 0.410. The molecule has 3 rings (SSSR count). The summed E-state index contributed by atoms with van der Waals surface area (Å²) in [5.74, 6) is -0.108. The topological polar surface area (TPSA) is 163 Å². The number of para-hydroxylation sites is 1. The van der Waals surface area contributed by atoms with Crippen LogP contribution in [-0.2, 0) is 16.1 Å². The lowest BCUT2D eigenvalue weighted by molar-refractivity contribution is -0.386. The van der Waals surface area contributed by atoms with Gasteiger partial charge in [-0.1, -0.05) is 26.0 Å². The van der Waals surface area contributed by atoms with E-state index in [-0.39, 0.29) is 37.1 Å². The predicted octanol–water partition coefficient (Wildman–Crippen LogP) is 1.29. The molecule has 0 unspecified atom stereocenters. The van der Waals surface area contributed by atoms with Crippen molar-refractivity contribution >= 4 is 11.5 Å². The third kappa shape index (κ3) is 4.90. The van der Waals surface area contributed by atoms with E-state index < -0.39 is 35.2 Å². The van der Waals surface area contributed by atoms with Crippen molar-refractivity contribution in [2.45, 2.75) is 51.4 Å². The maximum absolute atomic E-state index is 12.3. The second-order valence-corrected chi connectivity index (χ2v) is 7.75. The molecule has 0 aliphatic carbocycles. The molecule has 1 aromatic carbocycles. The first kappa shape index (κ1) is 22.8. The lowest BCUT2D eigenvalue weighted by atomic mass is 9.97. The van der Waals surface area contributed by atoms with Gasteiger partial charge in [-0.15, -0.1) is 0 Å². The second kappa shape index (κ2) is 9.52. The molecular weight excluding hydrogens is 408 g/mol. The Hall–Kier alpha value is -2.86. The minimum absolute atomic E-state index is 0.0245. The van der Waals surface area contributed by atoms with Gasteiger partial charge in [-0.05, 0) is 12.0 Å². The fourth-order valence-corrected chi connectivity index (χ4v) is 3.60. The van der Waals surface area contributed by atoms with Gasteiger partial charge >= 0.3 is 5.69 Å². The van der Waals surface area contributed by atoms with Crippen molar-refractivity contribution in [3.05, 3.63) is 62.2 Å². The Morgan fingerprint density at radius 3 is 2.74 bits per heavy atom. The third-order valence-corrected chi connectivity index (χ3v) is 5.22. The van der Waals surface area contributed by atoms with Crippen LogP contribution in [0.2, 0.25) is 0 Å². The van der Waals surface area contributed by atoms with E-state index in [1.807, 2.05) is 13.8 Å². The van der Waals surface area contributed by atoms with Gasteiger partial charge in [-0.2, -0.15) is 4.98 Å². The number of aromatic nitrogens is 2. The summed E-state index contributed by atoms with van der Waals surface area (Å²) >= 11 is 0. The SMILES string of the molecule is CC(C)[C@H](OCc1cn([C@H]2C[C@@H](O)[C@@H](CO)O2)c(=O)nc1N)c1ccccc1[N+](=O)[O-]. The number of hydrogen-bond acceptors (Lipinski definition) is 9. The lowest BCUT2D eigenvalue weighted by Crippen LogP contribution is -2.29. The number of ether oxygens (including phenoxy) is 2. The summed E-state index contributed by atoms with van der Waals surface area (Å²) in [5, 5.41) is 30.6. The van der Waals surface area contributed by atoms with Gasteiger partial charge in [0.1, 0.15) is 18.1 Å². The lowest BCUT2D eigenvalue weighted by Gasteiger charge is -2.23. The third-order valence-electron chi connectivity index (χ3n) is 5.22. The Balaban J connectivity index is 1.85. The average molecular weight is 434 g/mol. The number of nitro benzene ring substituents is 1. The highest BCUT2D eigenvalue weighted by Gasteiger charge is 2.35. The van der Waals surface area contributed by atoms with E-state index in [4.69, 9.17) is 15.2 Å². The molecule has 168 valence electrons. The maximum Gasteiger partial charge on any atom is 0.351 e. The molecular formula is C20H26N4O7. The monoisotopic (exact) mass is 434 g/mol. The second-order valence-electron chi connectivity index (χ2n) is 7.75. The number of nitrogens with two attached hydrogens (primary N) is 1. The average Bonchev–Trinajstić information content (AvgIpc) is 3.10. The molecule has 0 spiro atoms. The molecule has 11 heteroatoms. The van der Waals surface area contributed by atoms with Crippen LogP contribution in [0.4, 0.5) is 11.5 Å². The van der Waals surface area contributed by atoms with Crippen molar-refractivity contribution in [1.82, 2.24) is 9.55 Å². The van der Waals surface area contributed by atoms with Gasteiger partial charge in [-0.3, -0.25) is 14.7 Å². The van der Waals surface area contributed by atoms with Crippen LogP contribution >= 0.6 is 0 Å². The van der Waals surface area contributed by atoms with Crippen LogP contribution < -0.4 is 11.4 Å². The van der Waals surface area contributed by atoms with Crippen molar-refractivity contribution < 1.29 is 24.6 Å². The van der Waals surface area contributed by atoms with Crippen LogP contribution in [0, 0.1) is 16.0 Å². The van der Waals surface area contributed by atoms with Gasteiger partial charge in [0.2, 0.25) is 0 Å². The Kier molecular flexibility index (Phi) is 7.01. The Labute approximate surface area is 178 Å². The molecule has 1 fully saturated rings. The number of benzene rings is 1. The van der Waals surface area contributed by atoms with Gasteiger partial charge in [0.15, 0.2) is 0 Å². The molecule has 11 nitrogen and oxygen atoms in total. The van der Waals surface area contributed by atoms with Crippen molar-refractivity contribution in [2.75, 3.05) is 12.3 Å². The van der Waals surface area contributed by atoms with Crippen molar-refractivity contribution in [1.29, 1.82) is 0 Å². The fourth-order valence-electron chi connectivity index (χ4n) is 3.60. The summed E-state index contributed by atoms with van der Waals surface area (Å²) < 4.78 is 12.7. The van der Waals surface area contributed by atoms with Crippen LogP contribution in [0.25, 0.3) is 0 Å². The first-order valence-corrected chi connectivity index (χ1v) is 9.89. The molecule has 0 saturated carbocycles. The van der Waals surface area contributed by atoms with Gasteiger partial charge in [-0.25, -0.2) is 4.79 Å². The van der Waals surface area contributed by atoms with Crippen LogP contribution in [0.15, 0.2) is 35.3 Å². The zero-order valence-corrected chi connectivity index (χ0v) is 17.2. The van der Waals surface area contributed by atoms with E-state index in [1.54, 1.807) is 18.2 Å². The van der Waals surface area contributed by atoms with Gasteiger partial charge in [0.25, 0.3) is 5.69 Å². The molecule has 1 aliphatic heterocycles. The Bertz CT molecular complexity index is 994. The molecule has 4 N–H and O–H groups in total. The van der Waals surface area contributed by atoms with Gasteiger partial charge < -0.3 is 25.4 Å². The molecule has 0 radical (unpaired) electrons. The van der Waals surface area contributed by atoms with Gasteiger partial charge in [0.05, 0.1) is 35.9 Å². The first-order chi connectivity index (χ1) is 14.7. The number of anilines is 1. The minimum atomic E-state index is -0.914. The molecule has 1 saturated heterocycles. The van der Waals surface area contributed by atoms with Crippen LogP contribution in [0.5, 0.6) is 0 Å². The highest BCUT2D eigenvalue weighted by molar-refractivity contribution is 5.42. The number of aliphatic hydroxyl groups excluding tert-OH is 2. The number of hydrogen-bond donors (Lipinski definition) is 3. The molecule has 1 aromatic heterocycles. The zero-order valence-electron chi connectivity index (χ0n) is 17.2. The van der Waals surface area contributed by atoms with Crippen LogP contribution in [-0.4, -0.2) is 43.5 Å². The minimum Gasteiger partial charge on any atom is -0.394 e. The van der Waals surface area contributed by atoms with Crippen molar-refractivity contribution in [2.24, 2.45) is 5.92 Å². The zero-order chi connectivity index (χ0) is 22.7. The van der Waals surface area contributed by atoms with Crippen LogP contribution in [0.1, 0.15) is 43.7 Å². The summed E-state index contributed by atoms with van der Waals surface area (Å²) in [5.41, 5.74) is 6.05. The number of rotatable bonds is 8. The summed E-state index contributed by atoms with van der Waals surface area (Å²) in [7, 11) is 0. The van der Waals surface area contributed by atoms with E-state index in [2.05, 4.69) is 4.98 Å². The maximum atomic E-state index is 12.3. The molecule has 31 heavy (non-hydrogen) atoms. The number of nitrogen functional groups attached to an aromatic ring is 1. The number of nitrogens with zero attached hydrogens (tertiary/aromatic N) is 3. The van der Waals surface area contributed by atoms with Crippen LogP contribution in [0.3, 0.4) is 0 Å². The number of aliphatic hydroxyl groups is 2. The highest BCUT2D eigenvalue weighted by Crippen LogP contribution is 2.34. The highest BCUT2D eigenvalue weighted by atomic mass is 16.6. The largest absolute Gasteiger partial charge is 0.394 e. The molecule has 0 bridgehead atoms. The molecule has 2 heterocycles. The fraction of sp³-hybridized carbons (Fsp3) is 0.500. The molecule has 4 atom stereocenters. The van der Waals surface area contributed by atoms with E-state index in [9.17, 15) is 25.1 Å². The van der Waals surface area contributed by atoms with Crippen molar-refractivity contribution in [3.8, 4) is 0 Å². The smallest absolute Gasteiger partial charge is 0.351 e. The molecule has 2 aromatic rings. The summed E-state index contributed by atoms with van der Waals surface area (Å²) in [4.78, 5) is 27.1. The normalized spacial score (nSPS) is 22.0. The standard InChI is InChI=1S/C20H26N4O7/c1-11(2)18(13-5-3-4-6-14(13)24(28)29)30-10-12-8-23(20(27)22-19(12)21)17-7-15(26)16(9-25)31-17/h3-6,8,11,15-18,25-26H,7,9-10H2,1-2H3,(H2,21,22,27)/t15-,16-,17-,18+/m1/s1. The predicted molar refractivity (Wildman–Crippen MR) is 110 cm³/mol. The van der Waals surface area contributed by atoms with E-state index in [0.717, 1.165) is 0 Å². The van der Waals surface area contributed by atoms with Gasteiger partial charge in [0, 0.05) is 24.2 Å². The Morgan fingerprint density at radius 2 is 2.13 bits per heavy atom. The number of nitro groups is 1. The Morgan fingerprint density at radius 1 is 1.42 bits per heavy atom. The molecule has 1 aliphatic rings. The summed E-state index contributed by atoms with van der Waals surface area (Å²) in [6, 6.07) is 6.36. The van der Waals surface area contributed by atoms with Crippen molar-refractivity contribution in [3.63, 3.8) is 0 Å². The van der Waals surface area contributed by atoms with E-state index >= 15 is 0 Å². The summed E-state index contributed by atoms with van der Waals surface area (Å²) in [6.45, 7) is 3.34. The summed E-state index contributed by atoms with van der Waals surface area (Å²) in [6.07, 6.45) is -1.55. The van der Waals surface area contributed by atoms with E-state index in [1.165, 1.54) is 16.8 Å².